The number of fused-ring (bicyclic) bond motifs is 1. The van der Waals surface area contributed by atoms with Crippen LogP contribution in [0.4, 0.5) is 0 Å². The molecule has 42 heavy (non-hydrogen) atoms. The first-order chi connectivity index (χ1) is 19.8. The Morgan fingerprint density at radius 3 is 2.26 bits per heavy atom. The molecule has 2 unspecified atom stereocenters. The maximum Gasteiger partial charge on any atom is 0.328 e. The number of phenols is 1. The molecule has 0 spiro atoms. The zero-order chi connectivity index (χ0) is 31.4. The third-order valence-electron chi connectivity index (χ3n) is 8.54. The number of methoxy groups -OCH3 is 1. The van der Waals surface area contributed by atoms with E-state index in [9.17, 15) is 14.7 Å². The molecule has 0 saturated heterocycles. The number of allylic oxidation sites excluding steroid dienone is 5. The first kappa shape index (κ1) is 35.5. The van der Waals surface area contributed by atoms with Crippen molar-refractivity contribution in [2.75, 3.05) is 19.1 Å². The fourth-order valence-electron chi connectivity index (χ4n) is 5.35. The molecule has 2 N–H and O–H groups in total. The Morgan fingerprint density at radius 1 is 1.02 bits per heavy atom. The van der Waals surface area contributed by atoms with Crippen LogP contribution in [0.2, 0.25) is 0 Å². The van der Waals surface area contributed by atoms with Crippen LogP contribution < -0.4 is 10.1 Å². The molecule has 1 aromatic carbocycles. The number of esters is 1. The zero-order valence-electron chi connectivity index (χ0n) is 27.4. The van der Waals surface area contributed by atoms with Crippen molar-refractivity contribution in [3.8, 4) is 11.5 Å². The minimum atomic E-state index is -0.612. The number of rotatable bonds is 15. The summed E-state index contributed by atoms with van der Waals surface area (Å²) in [6.07, 6.45) is 16.6. The van der Waals surface area contributed by atoms with E-state index in [0.29, 0.717) is 17.7 Å². The second kappa shape index (κ2) is 16.8. The third kappa shape index (κ3) is 10.3. The lowest BCUT2D eigenvalue weighted by Gasteiger charge is -2.38. The summed E-state index contributed by atoms with van der Waals surface area (Å²) in [5, 5.41) is 13.2. The summed E-state index contributed by atoms with van der Waals surface area (Å²) in [6, 6.07) is -0.612. The summed E-state index contributed by atoms with van der Waals surface area (Å²) in [5.74, 6) is 1.53. The Morgan fingerprint density at radius 2 is 1.64 bits per heavy atom. The van der Waals surface area contributed by atoms with E-state index in [1.165, 1.54) is 18.3 Å². The van der Waals surface area contributed by atoms with Crippen molar-refractivity contribution >= 4 is 23.6 Å². The molecule has 6 nitrogen and oxygen atoms in total. The number of aromatic hydroxyl groups is 1. The van der Waals surface area contributed by atoms with E-state index < -0.39 is 12.0 Å². The van der Waals surface area contributed by atoms with Gasteiger partial charge in [0.2, 0.25) is 5.91 Å². The Bertz CT molecular complexity index is 1200. The number of hydrogen-bond donors (Lipinski definition) is 2. The van der Waals surface area contributed by atoms with Crippen molar-refractivity contribution in [3.05, 3.63) is 57.2 Å². The van der Waals surface area contributed by atoms with Crippen LogP contribution in [0.15, 0.2) is 34.9 Å². The van der Waals surface area contributed by atoms with E-state index in [0.717, 1.165) is 85.1 Å². The van der Waals surface area contributed by atoms with Gasteiger partial charge in [-0.15, -0.1) is 0 Å². The molecule has 1 amide bonds. The van der Waals surface area contributed by atoms with E-state index in [1.54, 1.807) is 18.7 Å². The summed E-state index contributed by atoms with van der Waals surface area (Å²) in [4.78, 5) is 24.5. The van der Waals surface area contributed by atoms with Gasteiger partial charge in [0.1, 0.15) is 23.1 Å². The van der Waals surface area contributed by atoms with Gasteiger partial charge in [0.25, 0.3) is 0 Å². The summed E-state index contributed by atoms with van der Waals surface area (Å²) in [5.41, 5.74) is 7.21. The number of thioether (sulfide) groups is 1. The van der Waals surface area contributed by atoms with Gasteiger partial charge in [0.05, 0.1) is 7.11 Å². The Labute approximate surface area is 258 Å². The molecule has 0 saturated carbocycles. The number of nitrogens with one attached hydrogen (secondary N) is 1. The number of carbonyl (C=O) groups is 2. The van der Waals surface area contributed by atoms with Gasteiger partial charge in [-0.2, -0.15) is 11.8 Å². The maximum absolute atomic E-state index is 12.5. The van der Waals surface area contributed by atoms with Gasteiger partial charge >= 0.3 is 5.97 Å². The van der Waals surface area contributed by atoms with Gasteiger partial charge in [-0.1, -0.05) is 29.4 Å². The van der Waals surface area contributed by atoms with Gasteiger partial charge in [-0.3, -0.25) is 4.79 Å². The zero-order valence-corrected chi connectivity index (χ0v) is 28.2. The lowest BCUT2D eigenvalue weighted by atomic mass is 9.85. The van der Waals surface area contributed by atoms with Crippen LogP contribution in [0.5, 0.6) is 11.5 Å². The number of hydrogen-bond acceptors (Lipinski definition) is 6. The summed E-state index contributed by atoms with van der Waals surface area (Å²) < 4.78 is 11.4. The standard InChI is InChI=1S/C35H53NO5S/c1-23(15-11-17-25(3)33(38)36-30(19-22-42-9)34(39)40-8)13-10-14-24(2)16-12-20-35(7)21-18-29-28(6)31(37)26(4)27(5)32(29)41-35/h13,16-17,30,37H,10-12,14-15,18-22H2,1-9H3,(H,36,38)/b23-13+,24-16+,25-17+. The number of amides is 1. The van der Waals surface area contributed by atoms with Gasteiger partial charge in [0, 0.05) is 11.1 Å². The molecule has 1 aliphatic rings. The van der Waals surface area contributed by atoms with Crippen LogP contribution in [0, 0.1) is 20.8 Å². The molecule has 2 rings (SSSR count). The van der Waals surface area contributed by atoms with Crippen molar-refractivity contribution in [1.82, 2.24) is 5.32 Å². The molecule has 0 fully saturated rings. The number of ether oxygens (including phenoxy) is 2. The number of benzene rings is 1. The predicted molar refractivity (Wildman–Crippen MR) is 176 cm³/mol. The molecule has 1 aliphatic heterocycles. The lowest BCUT2D eigenvalue weighted by Crippen LogP contribution is -2.42. The van der Waals surface area contributed by atoms with Crippen molar-refractivity contribution in [2.45, 2.75) is 118 Å². The lowest BCUT2D eigenvalue weighted by molar-refractivity contribution is -0.144. The molecule has 2 atom stereocenters. The summed E-state index contributed by atoms with van der Waals surface area (Å²) in [6.45, 7) is 14.3. The Hall–Kier alpha value is -2.67. The summed E-state index contributed by atoms with van der Waals surface area (Å²) in [7, 11) is 1.34. The van der Waals surface area contributed by atoms with E-state index >= 15 is 0 Å². The van der Waals surface area contributed by atoms with Crippen molar-refractivity contribution in [3.63, 3.8) is 0 Å². The highest BCUT2D eigenvalue weighted by atomic mass is 32.2. The molecule has 1 heterocycles. The minimum Gasteiger partial charge on any atom is -0.507 e. The summed E-state index contributed by atoms with van der Waals surface area (Å²) >= 11 is 1.63. The monoisotopic (exact) mass is 599 g/mol. The van der Waals surface area contributed by atoms with Crippen LogP contribution >= 0.6 is 11.8 Å². The number of phenolic OH excluding ortho intramolecular Hbond substituents is 1. The van der Waals surface area contributed by atoms with Crippen LogP contribution in [0.1, 0.15) is 101 Å². The van der Waals surface area contributed by atoms with Gasteiger partial charge in [-0.25, -0.2) is 4.79 Å². The SMILES string of the molecule is COC(=O)C(CCSC)NC(=O)/C(C)=C/CC/C(C)=C/CC/C(C)=C/CCC1(C)CCc2c(C)c(O)c(C)c(C)c2O1. The fraction of sp³-hybridized carbons (Fsp3) is 0.600. The van der Waals surface area contributed by atoms with Crippen molar-refractivity contribution in [2.24, 2.45) is 0 Å². The van der Waals surface area contributed by atoms with Gasteiger partial charge in [0.15, 0.2) is 0 Å². The highest BCUT2D eigenvalue weighted by molar-refractivity contribution is 7.98. The van der Waals surface area contributed by atoms with Crippen LogP contribution in [-0.2, 0) is 20.7 Å². The highest BCUT2D eigenvalue weighted by Crippen LogP contribution is 2.44. The maximum atomic E-state index is 12.5. The molecule has 1 aromatic rings. The average Bonchev–Trinajstić information content (AvgIpc) is 2.96. The van der Waals surface area contributed by atoms with Crippen LogP contribution in [0.3, 0.4) is 0 Å². The Kier molecular flexibility index (Phi) is 14.2. The molecule has 0 bridgehead atoms. The Balaban J connectivity index is 1.79. The average molecular weight is 600 g/mol. The van der Waals surface area contributed by atoms with Crippen LogP contribution in [0.25, 0.3) is 0 Å². The van der Waals surface area contributed by atoms with Crippen molar-refractivity contribution in [1.29, 1.82) is 0 Å². The van der Waals surface area contributed by atoms with Crippen LogP contribution in [-0.4, -0.2) is 47.7 Å². The number of carbonyl (C=O) groups excluding carboxylic acids is 2. The molecule has 0 aliphatic carbocycles. The molecule has 234 valence electrons. The smallest absolute Gasteiger partial charge is 0.328 e. The topological polar surface area (TPSA) is 84.9 Å². The third-order valence-corrected chi connectivity index (χ3v) is 9.18. The molecular weight excluding hydrogens is 546 g/mol. The molecular formula is C35H53NO5S. The normalized spacial score (nSPS) is 18.3. The quantitative estimate of drug-likeness (QED) is 0.121. The van der Waals surface area contributed by atoms with Crippen molar-refractivity contribution < 1.29 is 24.2 Å². The largest absolute Gasteiger partial charge is 0.507 e. The highest BCUT2D eigenvalue weighted by Gasteiger charge is 2.34. The van der Waals surface area contributed by atoms with E-state index in [2.05, 4.69) is 38.2 Å². The predicted octanol–water partition coefficient (Wildman–Crippen LogP) is 7.99. The van der Waals surface area contributed by atoms with Gasteiger partial charge < -0.3 is 19.9 Å². The minimum absolute atomic E-state index is 0.196. The second-order valence-electron chi connectivity index (χ2n) is 12.0. The molecule has 0 radical (unpaired) electrons. The molecule has 7 heteroatoms. The van der Waals surface area contributed by atoms with E-state index in [1.807, 2.05) is 33.1 Å². The van der Waals surface area contributed by atoms with E-state index in [4.69, 9.17) is 9.47 Å². The molecule has 0 aromatic heterocycles. The first-order valence-corrected chi connectivity index (χ1v) is 16.6. The van der Waals surface area contributed by atoms with E-state index in [-0.39, 0.29) is 11.5 Å². The fourth-order valence-corrected chi connectivity index (χ4v) is 5.82. The van der Waals surface area contributed by atoms with Gasteiger partial charge in [-0.05, 0) is 135 Å². The second-order valence-corrected chi connectivity index (χ2v) is 13.0. The first-order valence-electron chi connectivity index (χ1n) is 15.2.